The molecule has 70 valence electrons. The average molecular weight is 249 g/mol. The van der Waals surface area contributed by atoms with E-state index in [9.17, 15) is 9.18 Å². The van der Waals surface area contributed by atoms with Crippen LogP contribution in [0.3, 0.4) is 0 Å². The van der Waals surface area contributed by atoms with Gasteiger partial charge in [-0.25, -0.2) is 4.39 Å². The first-order valence-electron chi connectivity index (χ1n) is 4.43. The van der Waals surface area contributed by atoms with Crippen molar-refractivity contribution in [2.24, 2.45) is 0 Å². The normalized spacial score (nSPS) is 13.2. The topological polar surface area (TPSA) is 26.3 Å². The minimum Gasteiger partial charge on any atom is -0.469 e. The molecule has 0 amide bonds. The van der Waals surface area contributed by atoms with Crippen molar-refractivity contribution in [1.82, 2.24) is 0 Å². The first-order valence-corrected chi connectivity index (χ1v) is 4.23. The lowest BCUT2D eigenvalue weighted by Crippen LogP contribution is -2.05. The summed E-state index contributed by atoms with van der Waals surface area (Å²) in [5.41, 5.74) is -0.0886. The van der Waals surface area contributed by atoms with Gasteiger partial charge in [0, 0.05) is 7.21 Å². The van der Waals surface area contributed by atoms with E-state index >= 15 is 0 Å². The first kappa shape index (κ1) is 7.50. The minimum atomic E-state index is -2.37. The summed E-state index contributed by atoms with van der Waals surface area (Å²) in [7, 11) is 1.08. The fraction of sp³-hybridized carbons (Fsp3) is 0.222. The summed E-state index contributed by atoms with van der Waals surface area (Å²) in [6, 6.07) is 3.47. The third-order valence-corrected chi connectivity index (χ3v) is 2.04. The number of methoxy groups -OCH3 is 1. The Hall–Kier alpha value is -0.900. The molecule has 0 radical (unpaired) electrons. The van der Waals surface area contributed by atoms with Crippen LogP contribution in [0.4, 0.5) is 4.39 Å². The standard InChI is InChI=1S/C9H8BrFO2/c1-13-9(12)5-6-4-7(11)2-3-8(6)10/h2-4H,5H2,1H3/i5D2. The van der Waals surface area contributed by atoms with Crippen LogP contribution >= 0.6 is 15.9 Å². The van der Waals surface area contributed by atoms with Gasteiger partial charge in [0.1, 0.15) is 5.82 Å². The summed E-state index contributed by atoms with van der Waals surface area (Å²) in [6.07, 6.45) is -2.37. The van der Waals surface area contributed by atoms with Gasteiger partial charge in [-0.2, -0.15) is 0 Å². The maximum atomic E-state index is 12.9. The van der Waals surface area contributed by atoms with Gasteiger partial charge in [0.05, 0.1) is 13.5 Å². The molecule has 4 heteroatoms. The predicted octanol–water partition coefficient (Wildman–Crippen LogP) is 2.30. The van der Waals surface area contributed by atoms with E-state index in [-0.39, 0.29) is 5.56 Å². The van der Waals surface area contributed by atoms with Gasteiger partial charge in [-0.15, -0.1) is 0 Å². The number of hydrogen-bond acceptors (Lipinski definition) is 2. The summed E-state index contributed by atoms with van der Waals surface area (Å²) < 4.78 is 32.5. The molecular weight excluding hydrogens is 239 g/mol. The number of hydrogen-bond donors (Lipinski definition) is 0. The molecule has 1 aromatic carbocycles. The maximum Gasteiger partial charge on any atom is 0.310 e. The zero-order valence-corrected chi connectivity index (χ0v) is 8.39. The molecule has 0 fully saturated rings. The Bertz CT molecular complexity index is 396. The number of rotatable bonds is 2. The molecule has 1 rings (SSSR count). The van der Waals surface area contributed by atoms with E-state index < -0.39 is 18.2 Å². The Morgan fingerprint density at radius 3 is 3.08 bits per heavy atom. The average Bonchev–Trinajstić information content (AvgIpc) is 2.20. The van der Waals surface area contributed by atoms with Gasteiger partial charge < -0.3 is 4.74 Å². The molecule has 0 aliphatic heterocycles. The molecule has 0 bridgehead atoms. The predicted molar refractivity (Wildman–Crippen MR) is 49.8 cm³/mol. The molecule has 0 N–H and O–H groups in total. The van der Waals surface area contributed by atoms with Gasteiger partial charge in [0.2, 0.25) is 0 Å². The van der Waals surface area contributed by atoms with Gasteiger partial charge in [0.25, 0.3) is 0 Å². The fourth-order valence-corrected chi connectivity index (χ4v) is 1.10. The highest BCUT2D eigenvalue weighted by Gasteiger charge is 2.07. The van der Waals surface area contributed by atoms with Crippen LogP contribution in [0.5, 0.6) is 0 Å². The Morgan fingerprint density at radius 2 is 2.46 bits per heavy atom. The van der Waals surface area contributed by atoms with Crippen molar-refractivity contribution >= 4 is 21.9 Å². The number of carbonyl (C=O) groups is 1. The van der Waals surface area contributed by atoms with Crippen LogP contribution in [0.1, 0.15) is 8.30 Å². The van der Waals surface area contributed by atoms with E-state index in [1.807, 2.05) is 0 Å². The zero-order chi connectivity index (χ0) is 11.6. The van der Waals surface area contributed by atoms with Crippen LogP contribution in [0.15, 0.2) is 22.7 Å². The molecule has 0 saturated heterocycles. The summed E-state index contributed by atoms with van der Waals surface area (Å²) in [4.78, 5) is 11.2. The van der Waals surface area contributed by atoms with Crippen molar-refractivity contribution in [1.29, 1.82) is 0 Å². The van der Waals surface area contributed by atoms with Crippen molar-refractivity contribution in [2.45, 2.75) is 6.37 Å². The maximum absolute atomic E-state index is 12.9. The van der Waals surface area contributed by atoms with Crippen LogP contribution in [0.25, 0.3) is 0 Å². The molecule has 0 spiro atoms. The molecule has 0 unspecified atom stereocenters. The lowest BCUT2D eigenvalue weighted by Gasteiger charge is -2.02. The Kier molecular flexibility index (Phi) is 2.52. The molecule has 0 aliphatic rings. The zero-order valence-electron chi connectivity index (χ0n) is 8.80. The second-order valence-electron chi connectivity index (χ2n) is 2.24. The van der Waals surface area contributed by atoms with Crippen molar-refractivity contribution in [2.75, 3.05) is 7.11 Å². The molecule has 1 aromatic rings. The Labute approximate surface area is 86.6 Å². The van der Waals surface area contributed by atoms with Gasteiger partial charge >= 0.3 is 5.97 Å². The highest BCUT2D eigenvalue weighted by molar-refractivity contribution is 9.10. The van der Waals surface area contributed by atoms with Crippen LogP contribution < -0.4 is 0 Å². The first-order chi connectivity index (χ1) is 6.89. The second kappa shape index (κ2) is 4.37. The molecule has 0 atom stereocenters. The lowest BCUT2D eigenvalue weighted by atomic mass is 10.1. The molecule has 0 heterocycles. The van der Waals surface area contributed by atoms with Crippen molar-refractivity contribution in [3.05, 3.63) is 34.1 Å². The highest BCUT2D eigenvalue weighted by atomic mass is 79.9. The molecule has 0 aromatic heterocycles. The number of halogens is 2. The minimum absolute atomic E-state index is 0.0886. The third kappa shape index (κ3) is 2.81. The van der Waals surface area contributed by atoms with Gasteiger partial charge in [-0.1, -0.05) is 15.9 Å². The van der Waals surface area contributed by atoms with Crippen LogP contribution in [0.2, 0.25) is 0 Å². The number of benzene rings is 1. The fourth-order valence-electron chi connectivity index (χ4n) is 0.754. The summed E-state index contributed by atoms with van der Waals surface area (Å²) in [5.74, 6) is -1.67. The van der Waals surface area contributed by atoms with Crippen molar-refractivity contribution in [3.8, 4) is 0 Å². The number of carbonyl (C=O) groups excluding carboxylic acids is 1. The summed E-state index contributed by atoms with van der Waals surface area (Å²) in [6.45, 7) is 0. The van der Waals surface area contributed by atoms with Crippen molar-refractivity contribution in [3.63, 3.8) is 0 Å². The van der Waals surface area contributed by atoms with Crippen LogP contribution in [0, 0.1) is 5.82 Å². The molecule has 0 saturated carbocycles. The largest absolute Gasteiger partial charge is 0.469 e. The van der Waals surface area contributed by atoms with Crippen LogP contribution in [-0.2, 0) is 15.9 Å². The van der Waals surface area contributed by atoms with E-state index in [0.717, 1.165) is 13.2 Å². The quantitative estimate of drug-likeness (QED) is 0.752. The third-order valence-electron chi connectivity index (χ3n) is 1.35. The van der Waals surface area contributed by atoms with Gasteiger partial charge in [-0.3, -0.25) is 4.79 Å². The van der Waals surface area contributed by atoms with E-state index in [2.05, 4.69) is 20.7 Å². The van der Waals surface area contributed by atoms with Gasteiger partial charge in [0.15, 0.2) is 0 Å². The van der Waals surface area contributed by atoms with Crippen LogP contribution in [-0.4, -0.2) is 13.1 Å². The monoisotopic (exact) mass is 248 g/mol. The van der Waals surface area contributed by atoms with Crippen molar-refractivity contribution < 1.29 is 16.7 Å². The lowest BCUT2D eigenvalue weighted by molar-refractivity contribution is -0.139. The van der Waals surface area contributed by atoms with E-state index in [1.165, 1.54) is 12.1 Å². The van der Waals surface area contributed by atoms with E-state index in [4.69, 9.17) is 2.74 Å². The molecule has 13 heavy (non-hydrogen) atoms. The summed E-state index contributed by atoms with van der Waals surface area (Å²) >= 11 is 3.05. The number of esters is 1. The Balaban J connectivity index is 3.25. The second-order valence-corrected chi connectivity index (χ2v) is 3.10. The smallest absolute Gasteiger partial charge is 0.310 e. The Morgan fingerprint density at radius 1 is 1.77 bits per heavy atom. The van der Waals surface area contributed by atoms with Gasteiger partial charge in [-0.05, 0) is 23.8 Å². The molecule has 0 aliphatic carbocycles. The molecule has 2 nitrogen and oxygen atoms in total. The molecular formula is C9H8BrFO2. The SMILES string of the molecule is [2H]C([2H])(C(=O)OC)c1cc(F)ccc1Br. The summed E-state index contributed by atoms with van der Waals surface area (Å²) in [5, 5.41) is 0. The number of ether oxygens (including phenoxy) is 1. The van der Waals surface area contributed by atoms with E-state index in [0.29, 0.717) is 4.47 Å². The highest BCUT2D eigenvalue weighted by Crippen LogP contribution is 2.18. The van der Waals surface area contributed by atoms with E-state index in [1.54, 1.807) is 0 Å².